The third kappa shape index (κ3) is 3.26. The zero-order chi connectivity index (χ0) is 17.9. The van der Waals surface area contributed by atoms with E-state index >= 15 is 0 Å². The first-order valence-corrected chi connectivity index (χ1v) is 8.40. The summed E-state index contributed by atoms with van der Waals surface area (Å²) in [5, 5.41) is 14.1. The van der Waals surface area contributed by atoms with E-state index in [1.807, 2.05) is 18.2 Å². The van der Waals surface area contributed by atoms with Gasteiger partial charge in [-0.05, 0) is 65.7 Å². The number of nitrogens with one attached hydrogen (secondary N) is 1. The standard InChI is InChI=1S/C18H17FN6O/c19-14-5-3-13(4-6-14)18(26)21-16-11-15(25-12-20-22-23-25)7-8-17(16)24-9-1-2-10-24/h3-8,11-12H,1-2,9-10H2,(H,21,26). The van der Waals surface area contributed by atoms with Crippen LogP contribution in [0.3, 0.4) is 0 Å². The lowest BCUT2D eigenvalue weighted by atomic mass is 10.1. The van der Waals surface area contributed by atoms with Gasteiger partial charge in [0.05, 0.1) is 17.1 Å². The lowest BCUT2D eigenvalue weighted by Crippen LogP contribution is -2.21. The smallest absolute Gasteiger partial charge is 0.255 e. The van der Waals surface area contributed by atoms with Gasteiger partial charge in [0.1, 0.15) is 12.1 Å². The number of amides is 1. The molecule has 3 aromatic rings. The lowest BCUT2D eigenvalue weighted by Gasteiger charge is -2.22. The molecule has 1 N–H and O–H groups in total. The van der Waals surface area contributed by atoms with Crippen molar-refractivity contribution in [3.05, 3.63) is 60.2 Å². The summed E-state index contributed by atoms with van der Waals surface area (Å²) in [5.41, 5.74) is 2.77. The van der Waals surface area contributed by atoms with E-state index in [2.05, 4.69) is 25.7 Å². The number of carbonyl (C=O) groups is 1. The van der Waals surface area contributed by atoms with E-state index in [-0.39, 0.29) is 11.7 Å². The number of halogens is 1. The van der Waals surface area contributed by atoms with Crippen LogP contribution in [0.15, 0.2) is 48.8 Å². The molecule has 2 aromatic carbocycles. The summed E-state index contributed by atoms with van der Waals surface area (Å²) in [6.45, 7) is 1.90. The van der Waals surface area contributed by atoms with Gasteiger partial charge in [0, 0.05) is 18.7 Å². The van der Waals surface area contributed by atoms with Gasteiger partial charge < -0.3 is 10.2 Å². The quantitative estimate of drug-likeness (QED) is 0.781. The second-order valence-electron chi connectivity index (χ2n) is 6.11. The molecule has 0 spiro atoms. The van der Waals surface area contributed by atoms with Crippen LogP contribution in [-0.4, -0.2) is 39.2 Å². The molecule has 4 rings (SSSR count). The molecule has 1 aliphatic heterocycles. The van der Waals surface area contributed by atoms with Gasteiger partial charge >= 0.3 is 0 Å². The molecule has 0 saturated carbocycles. The number of hydrogen-bond acceptors (Lipinski definition) is 5. The summed E-state index contributed by atoms with van der Waals surface area (Å²) < 4.78 is 14.6. The fourth-order valence-electron chi connectivity index (χ4n) is 3.08. The van der Waals surface area contributed by atoms with Crippen LogP contribution in [0, 0.1) is 5.82 Å². The first-order valence-electron chi connectivity index (χ1n) is 8.40. The van der Waals surface area contributed by atoms with Crippen molar-refractivity contribution in [2.45, 2.75) is 12.8 Å². The predicted molar refractivity (Wildman–Crippen MR) is 95.0 cm³/mol. The van der Waals surface area contributed by atoms with E-state index in [9.17, 15) is 9.18 Å². The Morgan fingerprint density at radius 1 is 1.08 bits per heavy atom. The van der Waals surface area contributed by atoms with Crippen LogP contribution < -0.4 is 10.2 Å². The predicted octanol–water partition coefficient (Wildman–Crippen LogP) is 2.65. The number of tetrazole rings is 1. The highest BCUT2D eigenvalue weighted by Gasteiger charge is 2.18. The molecule has 1 aliphatic rings. The zero-order valence-electron chi connectivity index (χ0n) is 14.0. The molecular weight excluding hydrogens is 335 g/mol. The summed E-state index contributed by atoms with van der Waals surface area (Å²) in [5.74, 6) is -0.667. The van der Waals surface area contributed by atoms with Gasteiger partial charge in [-0.2, -0.15) is 0 Å². The van der Waals surface area contributed by atoms with Crippen molar-refractivity contribution in [1.82, 2.24) is 20.2 Å². The average Bonchev–Trinajstić information content (AvgIpc) is 3.36. The van der Waals surface area contributed by atoms with Crippen LogP contribution in [0.5, 0.6) is 0 Å². The van der Waals surface area contributed by atoms with Gasteiger partial charge in [0.2, 0.25) is 0 Å². The van der Waals surface area contributed by atoms with Crippen molar-refractivity contribution in [1.29, 1.82) is 0 Å². The van der Waals surface area contributed by atoms with Crippen molar-refractivity contribution in [2.75, 3.05) is 23.3 Å². The molecule has 0 bridgehead atoms. The van der Waals surface area contributed by atoms with Gasteiger partial charge in [-0.25, -0.2) is 9.07 Å². The number of rotatable bonds is 4. The monoisotopic (exact) mass is 352 g/mol. The molecule has 1 fully saturated rings. The number of benzene rings is 2. The Bertz CT molecular complexity index is 904. The van der Waals surface area contributed by atoms with Crippen molar-refractivity contribution in [3.63, 3.8) is 0 Å². The van der Waals surface area contributed by atoms with Crippen LogP contribution in [0.1, 0.15) is 23.2 Å². The second-order valence-corrected chi connectivity index (χ2v) is 6.11. The van der Waals surface area contributed by atoms with Crippen molar-refractivity contribution < 1.29 is 9.18 Å². The highest BCUT2D eigenvalue weighted by molar-refractivity contribution is 6.06. The van der Waals surface area contributed by atoms with Gasteiger partial charge in [-0.15, -0.1) is 5.10 Å². The molecule has 0 aliphatic carbocycles. The maximum absolute atomic E-state index is 13.1. The summed E-state index contributed by atoms with van der Waals surface area (Å²) in [4.78, 5) is 14.8. The first-order chi connectivity index (χ1) is 12.7. The summed E-state index contributed by atoms with van der Waals surface area (Å²) in [6, 6.07) is 11.2. The third-order valence-electron chi connectivity index (χ3n) is 4.40. The average molecular weight is 352 g/mol. The van der Waals surface area contributed by atoms with Gasteiger partial charge in [-0.1, -0.05) is 0 Å². The highest BCUT2D eigenvalue weighted by atomic mass is 19.1. The molecule has 2 heterocycles. The Morgan fingerprint density at radius 3 is 2.54 bits per heavy atom. The van der Waals surface area contributed by atoms with Gasteiger partial charge in [-0.3, -0.25) is 4.79 Å². The van der Waals surface area contributed by atoms with Crippen LogP contribution >= 0.6 is 0 Å². The molecule has 1 amide bonds. The third-order valence-corrected chi connectivity index (χ3v) is 4.40. The minimum absolute atomic E-state index is 0.292. The van der Waals surface area contributed by atoms with Crippen LogP contribution in [0.4, 0.5) is 15.8 Å². The molecule has 8 heteroatoms. The number of carbonyl (C=O) groups excluding carboxylic acids is 1. The number of aromatic nitrogens is 4. The molecule has 0 unspecified atom stereocenters. The van der Waals surface area contributed by atoms with Crippen LogP contribution in [0.2, 0.25) is 0 Å². The van der Waals surface area contributed by atoms with Gasteiger partial charge in [0.15, 0.2) is 0 Å². The van der Waals surface area contributed by atoms with Crippen LogP contribution in [0.25, 0.3) is 5.69 Å². The Labute approximate surface area is 149 Å². The van der Waals surface area contributed by atoms with E-state index in [0.717, 1.165) is 37.3 Å². The molecule has 0 radical (unpaired) electrons. The largest absolute Gasteiger partial charge is 0.370 e. The first kappa shape index (κ1) is 16.2. The second kappa shape index (κ2) is 6.91. The topological polar surface area (TPSA) is 75.9 Å². The molecule has 26 heavy (non-hydrogen) atoms. The van der Waals surface area contributed by atoms with E-state index in [0.29, 0.717) is 11.3 Å². The maximum atomic E-state index is 13.1. The Kier molecular flexibility index (Phi) is 4.30. The minimum atomic E-state index is -0.375. The SMILES string of the molecule is O=C(Nc1cc(-n2cnnn2)ccc1N1CCCC1)c1ccc(F)cc1. The van der Waals surface area contributed by atoms with E-state index in [1.54, 1.807) is 0 Å². The molecule has 7 nitrogen and oxygen atoms in total. The molecule has 1 saturated heterocycles. The molecule has 1 aromatic heterocycles. The Morgan fingerprint density at radius 2 is 1.85 bits per heavy atom. The fraction of sp³-hybridized carbons (Fsp3) is 0.222. The highest BCUT2D eigenvalue weighted by Crippen LogP contribution is 2.31. The van der Waals surface area contributed by atoms with E-state index in [1.165, 1.54) is 35.3 Å². The molecule has 132 valence electrons. The normalized spacial score (nSPS) is 13.8. The van der Waals surface area contributed by atoms with Gasteiger partial charge in [0.25, 0.3) is 5.91 Å². The van der Waals surface area contributed by atoms with Crippen molar-refractivity contribution in [2.24, 2.45) is 0 Å². The lowest BCUT2D eigenvalue weighted by molar-refractivity contribution is 0.102. The Balaban J connectivity index is 1.67. The fourth-order valence-corrected chi connectivity index (χ4v) is 3.08. The summed E-state index contributed by atoms with van der Waals surface area (Å²) in [7, 11) is 0. The number of hydrogen-bond donors (Lipinski definition) is 1. The summed E-state index contributed by atoms with van der Waals surface area (Å²) in [6.07, 6.45) is 3.75. The van der Waals surface area contributed by atoms with Crippen molar-refractivity contribution in [3.8, 4) is 5.69 Å². The summed E-state index contributed by atoms with van der Waals surface area (Å²) >= 11 is 0. The van der Waals surface area contributed by atoms with Crippen LogP contribution in [-0.2, 0) is 0 Å². The number of nitrogens with zero attached hydrogens (tertiary/aromatic N) is 5. The molecule has 0 atom stereocenters. The van der Waals surface area contributed by atoms with Crippen molar-refractivity contribution >= 4 is 17.3 Å². The minimum Gasteiger partial charge on any atom is -0.370 e. The zero-order valence-corrected chi connectivity index (χ0v) is 14.0. The van der Waals surface area contributed by atoms with E-state index < -0.39 is 0 Å². The van der Waals surface area contributed by atoms with E-state index in [4.69, 9.17) is 0 Å². The Hall–Kier alpha value is -3.29. The number of anilines is 2. The maximum Gasteiger partial charge on any atom is 0.255 e. The molecular formula is C18H17FN6O.